The minimum absolute atomic E-state index is 0.0281. The summed E-state index contributed by atoms with van der Waals surface area (Å²) in [5, 5.41) is 6.12. The molecule has 0 unspecified atom stereocenters. The topological polar surface area (TPSA) is 50.4 Å². The highest BCUT2D eigenvalue weighted by Crippen LogP contribution is 2.23. The molecular weight excluding hydrogens is 272 g/mol. The zero-order valence-corrected chi connectivity index (χ0v) is 12.7. The maximum absolute atomic E-state index is 11.9. The van der Waals surface area contributed by atoms with E-state index in [1.807, 2.05) is 36.0 Å². The number of ether oxygens (including phenoxy) is 1. The summed E-state index contributed by atoms with van der Waals surface area (Å²) in [6.07, 6.45) is 2.51. The summed E-state index contributed by atoms with van der Waals surface area (Å²) in [5.41, 5.74) is 0.718. The van der Waals surface area contributed by atoms with Crippen LogP contribution in [-0.2, 0) is 4.79 Å². The van der Waals surface area contributed by atoms with Gasteiger partial charge in [-0.1, -0.05) is 12.1 Å². The third-order valence-corrected chi connectivity index (χ3v) is 4.49. The number of rotatable bonds is 6. The van der Waals surface area contributed by atoms with Crippen LogP contribution in [0, 0.1) is 5.92 Å². The van der Waals surface area contributed by atoms with E-state index in [1.54, 1.807) is 7.11 Å². The van der Waals surface area contributed by atoms with E-state index >= 15 is 0 Å². The van der Waals surface area contributed by atoms with Gasteiger partial charge in [-0.2, -0.15) is 11.8 Å². The molecule has 1 aliphatic heterocycles. The van der Waals surface area contributed by atoms with Crippen LogP contribution in [0.5, 0.6) is 5.75 Å². The highest BCUT2D eigenvalue weighted by molar-refractivity contribution is 7.99. The maximum Gasteiger partial charge on any atom is 0.238 e. The van der Waals surface area contributed by atoms with Crippen molar-refractivity contribution in [1.82, 2.24) is 5.32 Å². The largest absolute Gasteiger partial charge is 0.495 e. The Morgan fingerprint density at radius 1 is 1.35 bits per heavy atom. The maximum atomic E-state index is 11.9. The first-order valence-corrected chi connectivity index (χ1v) is 8.16. The van der Waals surface area contributed by atoms with Gasteiger partial charge < -0.3 is 15.4 Å². The Kier molecular flexibility index (Phi) is 6.21. The quantitative estimate of drug-likeness (QED) is 0.846. The van der Waals surface area contributed by atoms with Crippen LogP contribution >= 0.6 is 11.8 Å². The van der Waals surface area contributed by atoms with Gasteiger partial charge in [-0.3, -0.25) is 4.79 Å². The van der Waals surface area contributed by atoms with Crippen LogP contribution in [-0.4, -0.2) is 37.6 Å². The molecule has 0 spiro atoms. The molecule has 0 atom stereocenters. The van der Waals surface area contributed by atoms with E-state index in [0.29, 0.717) is 12.3 Å². The highest BCUT2D eigenvalue weighted by Gasteiger charge is 2.13. The molecule has 0 aromatic heterocycles. The molecule has 0 radical (unpaired) electrons. The second-order valence-corrected chi connectivity index (χ2v) is 6.16. The first kappa shape index (κ1) is 15.2. The summed E-state index contributed by atoms with van der Waals surface area (Å²) < 4.78 is 5.21. The monoisotopic (exact) mass is 294 g/mol. The lowest BCUT2D eigenvalue weighted by Crippen LogP contribution is -2.33. The van der Waals surface area contributed by atoms with Gasteiger partial charge in [0.15, 0.2) is 0 Å². The van der Waals surface area contributed by atoms with Crippen molar-refractivity contribution >= 4 is 23.4 Å². The van der Waals surface area contributed by atoms with Gasteiger partial charge in [0.1, 0.15) is 5.75 Å². The Labute approximate surface area is 124 Å². The van der Waals surface area contributed by atoms with Crippen LogP contribution in [0.3, 0.4) is 0 Å². The second-order valence-electron chi connectivity index (χ2n) is 4.94. The predicted molar refractivity (Wildman–Crippen MR) is 84.5 cm³/mol. The molecule has 1 amide bonds. The minimum Gasteiger partial charge on any atom is -0.495 e. The first-order chi connectivity index (χ1) is 9.79. The summed E-state index contributed by atoms with van der Waals surface area (Å²) in [7, 11) is 1.60. The van der Waals surface area contributed by atoms with Crippen LogP contribution in [0.4, 0.5) is 5.69 Å². The van der Waals surface area contributed by atoms with E-state index in [4.69, 9.17) is 4.74 Å². The third kappa shape index (κ3) is 4.72. The van der Waals surface area contributed by atoms with Crippen molar-refractivity contribution in [2.45, 2.75) is 12.8 Å². The number of benzene rings is 1. The van der Waals surface area contributed by atoms with Crippen molar-refractivity contribution in [3.63, 3.8) is 0 Å². The van der Waals surface area contributed by atoms with Gasteiger partial charge in [0.2, 0.25) is 5.91 Å². The van der Waals surface area contributed by atoms with E-state index < -0.39 is 0 Å². The Morgan fingerprint density at radius 3 is 2.85 bits per heavy atom. The van der Waals surface area contributed by atoms with Crippen molar-refractivity contribution in [1.29, 1.82) is 0 Å². The van der Waals surface area contributed by atoms with Crippen LogP contribution in [0.15, 0.2) is 24.3 Å². The van der Waals surface area contributed by atoms with Crippen LogP contribution < -0.4 is 15.4 Å². The predicted octanol–water partition coefficient (Wildman–Crippen LogP) is 2.37. The molecule has 1 aromatic rings. The lowest BCUT2D eigenvalue weighted by atomic mass is 10.0. The van der Waals surface area contributed by atoms with E-state index in [2.05, 4.69) is 10.6 Å². The summed E-state index contributed by atoms with van der Waals surface area (Å²) in [5.74, 6) is 3.87. The van der Waals surface area contributed by atoms with Crippen molar-refractivity contribution in [2.24, 2.45) is 5.92 Å². The molecule has 20 heavy (non-hydrogen) atoms. The molecule has 1 heterocycles. The highest BCUT2D eigenvalue weighted by atomic mass is 32.2. The smallest absolute Gasteiger partial charge is 0.238 e. The van der Waals surface area contributed by atoms with Gasteiger partial charge in [-0.05, 0) is 48.9 Å². The molecule has 1 fully saturated rings. The summed E-state index contributed by atoms with van der Waals surface area (Å²) >= 11 is 2.02. The number of nitrogens with one attached hydrogen (secondary N) is 2. The van der Waals surface area contributed by atoms with Gasteiger partial charge in [0, 0.05) is 0 Å². The number of methoxy groups -OCH3 is 1. The van der Waals surface area contributed by atoms with Gasteiger partial charge in [0.05, 0.1) is 19.3 Å². The molecule has 2 N–H and O–H groups in total. The molecule has 4 nitrogen and oxygen atoms in total. The van der Waals surface area contributed by atoms with Crippen LogP contribution in [0.2, 0.25) is 0 Å². The summed E-state index contributed by atoms with van der Waals surface area (Å²) in [6.45, 7) is 1.28. The number of carbonyl (C=O) groups is 1. The molecule has 1 aliphatic rings. The lowest BCUT2D eigenvalue weighted by Gasteiger charge is -2.21. The van der Waals surface area contributed by atoms with E-state index in [9.17, 15) is 4.79 Å². The molecule has 1 aromatic carbocycles. The van der Waals surface area contributed by atoms with Crippen LogP contribution in [0.1, 0.15) is 12.8 Å². The zero-order chi connectivity index (χ0) is 14.2. The van der Waals surface area contributed by atoms with E-state index in [-0.39, 0.29) is 5.91 Å². The summed E-state index contributed by atoms with van der Waals surface area (Å²) in [6, 6.07) is 7.44. The Balaban J connectivity index is 1.72. The fourth-order valence-electron chi connectivity index (χ4n) is 2.28. The fraction of sp³-hybridized carbons (Fsp3) is 0.533. The normalized spacial score (nSPS) is 15.8. The zero-order valence-electron chi connectivity index (χ0n) is 11.9. The van der Waals surface area contributed by atoms with Gasteiger partial charge in [-0.15, -0.1) is 0 Å². The number of para-hydroxylation sites is 2. The number of anilines is 1. The SMILES string of the molecule is COc1ccccc1NC(=O)CNCC1CCSCC1. The van der Waals surface area contributed by atoms with Gasteiger partial charge in [0.25, 0.3) is 0 Å². The molecule has 0 bridgehead atoms. The second kappa shape index (κ2) is 8.17. The van der Waals surface area contributed by atoms with Gasteiger partial charge in [-0.25, -0.2) is 0 Å². The molecule has 0 aliphatic carbocycles. The average Bonchev–Trinajstić information content (AvgIpc) is 2.49. The van der Waals surface area contributed by atoms with Gasteiger partial charge >= 0.3 is 0 Å². The number of thioether (sulfide) groups is 1. The first-order valence-electron chi connectivity index (χ1n) is 7.01. The molecular formula is C15H22N2O2S. The number of hydrogen-bond donors (Lipinski definition) is 2. The lowest BCUT2D eigenvalue weighted by molar-refractivity contribution is -0.115. The molecule has 5 heteroatoms. The standard InChI is InChI=1S/C15H22N2O2S/c1-19-14-5-3-2-4-13(14)17-15(18)11-16-10-12-6-8-20-9-7-12/h2-5,12,16H,6-11H2,1H3,(H,17,18). The Bertz CT molecular complexity index is 434. The van der Waals surface area contributed by atoms with Crippen LogP contribution in [0.25, 0.3) is 0 Å². The molecule has 110 valence electrons. The summed E-state index contributed by atoms with van der Waals surface area (Å²) in [4.78, 5) is 11.9. The van der Waals surface area contributed by atoms with Crippen molar-refractivity contribution in [2.75, 3.05) is 37.0 Å². The third-order valence-electron chi connectivity index (χ3n) is 3.44. The molecule has 0 saturated carbocycles. The molecule has 1 saturated heterocycles. The minimum atomic E-state index is -0.0281. The number of carbonyl (C=O) groups excluding carboxylic acids is 1. The number of hydrogen-bond acceptors (Lipinski definition) is 4. The van der Waals surface area contributed by atoms with Crippen molar-refractivity contribution < 1.29 is 9.53 Å². The Morgan fingerprint density at radius 2 is 2.10 bits per heavy atom. The van der Waals surface area contributed by atoms with E-state index in [0.717, 1.165) is 18.2 Å². The Hall–Kier alpha value is -1.20. The fourth-order valence-corrected chi connectivity index (χ4v) is 3.49. The average molecular weight is 294 g/mol. The molecule has 2 rings (SSSR count). The number of amides is 1. The van der Waals surface area contributed by atoms with Crippen molar-refractivity contribution in [3.05, 3.63) is 24.3 Å². The van der Waals surface area contributed by atoms with E-state index in [1.165, 1.54) is 24.3 Å². The van der Waals surface area contributed by atoms with Crippen molar-refractivity contribution in [3.8, 4) is 5.75 Å².